The largest absolute Gasteiger partial charge is 0.496 e. The van der Waals surface area contributed by atoms with Crippen LogP contribution in [0.5, 0.6) is 5.75 Å². The number of primary sulfonamides is 1. The highest BCUT2D eigenvalue weighted by Crippen LogP contribution is 2.27. The molecule has 1 saturated heterocycles. The molecular weight excluding hydrogens is 304 g/mol. The molecular formula is C15H22N2O4S. The fourth-order valence-corrected chi connectivity index (χ4v) is 3.57. The number of hydrogen-bond acceptors (Lipinski definition) is 4. The molecule has 1 amide bonds. The smallest absolute Gasteiger partial charge is 0.257 e. The van der Waals surface area contributed by atoms with Crippen LogP contribution >= 0.6 is 0 Å². The molecule has 122 valence electrons. The maximum atomic E-state index is 12.8. The number of piperidine rings is 1. The molecule has 1 heterocycles. The van der Waals surface area contributed by atoms with Crippen molar-refractivity contribution in [3.8, 4) is 5.75 Å². The van der Waals surface area contributed by atoms with Crippen molar-refractivity contribution < 1.29 is 17.9 Å². The van der Waals surface area contributed by atoms with E-state index in [2.05, 4.69) is 13.8 Å². The molecule has 1 aromatic carbocycles. The van der Waals surface area contributed by atoms with Gasteiger partial charge < -0.3 is 9.64 Å². The van der Waals surface area contributed by atoms with Gasteiger partial charge >= 0.3 is 0 Å². The zero-order valence-corrected chi connectivity index (χ0v) is 13.9. The van der Waals surface area contributed by atoms with Gasteiger partial charge in [0.2, 0.25) is 10.0 Å². The van der Waals surface area contributed by atoms with Crippen molar-refractivity contribution in [1.29, 1.82) is 0 Å². The van der Waals surface area contributed by atoms with Crippen molar-refractivity contribution in [1.82, 2.24) is 4.90 Å². The molecule has 1 aliphatic rings. The molecule has 2 rings (SSSR count). The molecule has 0 spiro atoms. The average Bonchev–Trinajstić information content (AvgIpc) is 2.43. The zero-order valence-electron chi connectivity index (χ0n) is 13.1. The maximum absolute atomic E-state index is 12.8. The molecule has 1 fully saturated rings. The Balaban J connectivity index is 2.39. The van der Waals surface area contributed by atoms with E-state index in [-0.39, 0.29) is 16.4 Å². The third-order valence-corrected chi connectivity index (χ3v) is 4.80. The Bertz CT molecular complexity index is 662. The summed E-state index contributed by atoms with van der Waals surface area (Å²) < 4.78 is 28.2. The Kier molecular flexibility index (Phi) is 4.77. The van der Waals surface area contributed by atoms with E-state index in [0.29, 0.717) is 30.7 Å². The summed E-state index contributed by atoms with van der Waals surface area (Å²) in [6.07, 6.45) is 1.08. The van der Waals surface area contributed by atoms with E-state index in [1.165, 1.54) is 25.3 Å². The lowest BCUT2D eigenvalue weighted by molar-refractivity contribution is 0.0619. The van der Waals surface area contributed by atoms with Gasteiger partial charge in [-0.2, -0.15) is 0 Å². The Morgan fingerprint density at radius 2 is 1.86 bits per heavy atom. The molecule has 0 radical (unpaired) electrons. The van der Waals surface area contributed by atoms with Crippen LogP contribution in [-0.2, 0) is 10.0 Å². The van der Waals surface area contributed by atoms with Crippen molar-refractivity contribution in [2.24, 2.45) is 17.0 Å². The third kappa shape index (κ3) is 3.59. The lowest BCUT2D eigenvalue weighted by Crippen LogP contribution is -2.42. The van der Waals surface area contributed by atoms with Crippen molar-refractivity contribution in [2.45, 2.75) is 25.2 Å². The van der Waals surface area contributed by atoms with Crippen LogP contribution in [0.2, 0.25) is 0 Å². The predicted octanol–water partition coefficient (Wildman–Crippen LogP) is 1.46. The van der Waals surface area contributed by atoms with Gasteiger partial charge in [0, 0.05) is 13.1 Å². The van der Waals surface area contributed by atoms with Gasteiger partial charge in [0.05, 0.1) is 17.6 Å². The van der Waals surface area contributed by atoms with Gasteiger partial charge in [-0.3, -0.25) is 4.79 Å². The second-order valence-corrected chi connectivity index (χ2v) is 7.62. The first kappa shape index (κ1) is 16.8. The van der Waals surface area contributed by atoms with Gasteiger partial charge in [0.1, 0.15) is 5.75 Å². The van der Waals surface area contributed by atoms with Crippen molar-refractivity contribution in [3.63, 3.8) is 0 Å². The number of benzene rings is 1. The van der Waals surface area contributed by atoms with Crippen LogP contribution in [0, 0.1) is 11.8 Å². The van der Waals surface area contributed by atoms with E-state index in [4.69, 9.17) is 9.88 Å². The number of likely N-dealkylation sites (tertiary alicyclic amines) is 1. The highest BCUT2D eigenvalue weighted by atomic mass is 32.2. The summed E-state index contributed by atoms with van der Waals surface area (Å²) >= 11 is 0. The second kappa shape index (κ2) is 6.26. The van der Waals surface area contributed by atoms with E-state index in [1.54, 1.807) is 4.90 Å². The van der Waals surface area contributed by atoms with Crippen LogP contribution < -0.4 is 9.88 Å². The molecule has 22 heavy (non-hydrogen) atoms. The lowest BCUT2D eigenvalue weighted by Gasteiger charge is -2.35. The highest BCUT2D eigenvalue weighted by molar-refractivity contribution is 7.89. The minimum absolute atomic E-state index is 0.0882. The minimum Gasteiger partial charge on any atom is -0.496 e. The molecule has 6 nitrogen and oxygen atoms in total. The standard InChI is InChI=1S/C15H22N2O4S/c1-10-6-11(2)9-17(8-10)15(18)13-7-12(22(16,19)20)4-5-14(13)21-3/h4-5,7,10-11H,6,8-9H2,1-3H3,(H2,16,19,20)/t10-,11+. The molecule has 0 aromatic heterocycles. The van der Waals surface area contributed by atoms with Gasteiger partial charge in [-0.15, -0.1) is 0 Å². The van der Waals surface area contributed by atoms with Crippen LogP contribution in [0.15, 0.2) is 23.1 Å². The summed E-state index contributed by atoms with van der Waals surface area (Å²) in [5, 5.41) is 5.15. The molecule has 7 heteroatoms. The zero-order chi connectivity index (χ0) is 16.5. The van der Waals surface area contributed by atoms with Gasteiger partial charge in [0.15, 0.2) is 0 Å². The van der Waals surface area contributed by atoms with E-state index in [9.17, 15) is 13.2 Å². The topological polar surface area (TPSA) is 89.7 Å². The number of carbonyl (C=O) groups excluding carboxylic acids is 1. The van der Waals surface area contributed by atoms with E-state index >= 15 is 0 Å². The first-order valence-electron chi connectivity index (χ1n) is 7.22. The lowest BCUT2D eigenvalue weighted by atomic mass is 9.91. The molecule has 0 saturated carbocycles. The predicted molar refractivity (Wildman–Crippen MR) is 83.2 cm³/mol. The fourth-order valence-electron chi connectivity index (χ4n) is 3.03. The van der Waals surface area contributed by atoms with Crippen LogP contribution in [0.25, 0.3) is 0 Å². The number of sulfonamides is 1. The maximum Gasteiger partial charge on any atom is 0.257 e. The number of methoxy groups -OCH3 is 1. The number of rotatable bonds is 3. The summed E-state index contributed by atoms with van der Waals surface area (Å²) in [7, 11) is -2.41. The molecule has 1 aliphatic heterocycles. The number of amides is 1. The summed E-state index contributed by atoms with van der Waals surface area (Å²) in [5.74, 6) is 0.962. The SMILES string of the molecule is COc1ccc(S(N)(=O)=O)cc1C(=O)N1C[C@H](C)C[C@H](C)C1. The van der Waals surface area contributed by atoms with E-state index in [0.717, 1.165) is 6.42 Å². The first-order valence-corrected chi connectivity index (χ1v) is 8.77. The molecule has 2 N–H and O–H groups in total. The normalized spacial score (nSPS) is 22.5. The number of nitrogens with two attached hydrogens (primary N) is 1. The number of nitrogens with zero attached hydrogens (tertiary/aromatic N) is 1. The Morgan fingerprint density at radius 3 is 2.36 bits per heavy atom. The fraction of sp³-hybridized carbons (Fsp3) is 0.533. The van der Waals surface area contributed by atoms with Crippen molar-refractivity contribution in [3.05, 3.63) is 23.8 Å². The quantitative estimate of drug-likeness (QED) is 0.910. The van der Waals surface area contributed by atoms with Crippen LogP contribution in [0.1, 0.15) is 30.6 Å². The third-order valence-electron chi connectivity index (χ3n) is 3.89. The summed E-state index contributed by atoms with van der Waals surface area (Å²) in [5.41, 5.74) is 0.232. The summed E-state index contributed by atoms with van der Waals surface area (Å²) in [6.45, 7) is 5.53. The number of ether oxygens (including phenoxy) is 1. The summed E-state index contributed by atoms with van der Waals surface area (Å²) in [6, 6.07) is 4.09. The molecule has 0 bridgehead atoms. The van der Waals surface area contributed by atoms with E-state index in [1.807, 2.05) is 0 Å². The average molecular weight is 326 g/mol. The van der Waals surface area contributed by atoms with Crippen LogP contribution in [0.4, 0.5) is 0 Å². The Morgan fingerprint density at radius 1 is 1.27 bits per heavy atom. The van der Waals surface area contributed by atoms with Crippen molar-refractivity contribution >= 4 is 15.9 Å². The number of carbonyl (C=O) groups is 1. The molecule has 0 aliphatic carbocycles. The number of hydrogen-bond donors (Lipinski definition) is 1. The van der Waals surface area contributed by atoms with Crippen LogP contribution in [0.3, 0.4) is 0 Å². The van der Waals surface area contributed by atoms with Crippen LogP contribution in [-0.4, -0.2) is 39.4 Å². The molecule has 1 aromatic rings. The second-order valence-electron chi connectivity index (χ2n) is 6.06. The van der Waals surface area contributed by atoms with Gasteiger partial charge in [-0.25, -0.2) is 13.6 Å². The monoisotopic (exact) mass is 326 g/mol. The minimum atomic E-state index is -3.86. The van der Waals surface area contributed by atoms with Gasteiger partial charge in [0.25, 0.3) is 5.91 Å². The highest BCUT2D eigenvalue weighted by Gasteiger charge is 2.28. The first-order chi connectivity index (χ1) is 10.2. The Hall–Kier alpha value is -1.60. The molecule has 2 atom stereocenters. The van der Waals surface area contributed by atoms with Gasteiger partial charge in [-0.1, -0.05) is 13.8 Å². The Labute approximate surface area is 131 Å². The van der Waals surface area contributed by atoms with E-state index < -0.39 is 10.0 Å². The van der Waals surface area contributed by atoms with Gasteiger partial charge in [-0.05, 0) is 36.5 Å². The molecule has 0 unspecified atom stereocenters. The summed E-state index contributed by atoms with van der Waals surface area (Å²) in [4.78, 5) is 14.4. The van der Waals surface area contributed by atoms with Crippen molar-refractivity contribution in [2.75, 3.05) is 20.2 Å².